The van der Waals surface area contributed by atoms with Crippen LogP contribution >= 0.6 is 0 Å². The first-order valence-electron chi connectivity index (χ1n) is 9.69. The van der Waals surface area contributed by atoms with Crippen LogP contribution in [0, 0.1) is 23.7 Å². The van der Waals surface area contributed by atoms with Gasteiger partial charge >= 0.3 is 0 Å². The lowest BCUT2D eigenvalue weighted by atomic mass is 9.84. The van der Waals surface area contributed by atoms with Gasteiger partial charge in [-0.3, -0.25) is 9.59 Å². The van der Waals surface area contributed by atoms with Gasteiger partial charge in [0.15, 0.2) is 5.78 Å². The third-order valence-corrected chi connectivity index (χ3v) is 6.89. The molecule has 3 fully saturated rings. The molecule has 0 N–H and O–H groups in total. The Labute approximate surface area is 148 Å². The molecular weight excluding hydrogens is 314 g/mol. The Kier molecular flexibility index (Phi) is 3.28. The minimum absolute atomic E-state index is 0.0807. The van der Waals surface area contributed by atoms with Crippen LogP contribution in [-0.2, 0) is 4.79 Å². The van der Waals surface area contributed by atoms with E-state index in [9.17, 15) is 9.59 Å². The molecule has 0 bridgehead atoms. The number of benzene rings is 1. The fourth-order valence-corrected chi connectivity index (χ4v) is 5.70. The average molecular weight is 339 g/mol. The molecule has 5 atom stereocenters. The van der Waals surface area contributed by atoms with Crippen LogP contribution in [0.5, 0.6) is 5.75 Å². The average Bonchev–Trinajstić information content (AvgIpc) is 3.25. The first-order valence-corrected chi connectivity index (χ1v) is 9.69. The monoisotopic (exact) mass is 339 g/mol. The lowest BCUT2D eigenvalue weighted by Crippen LogP contribution is -2.46. The molecule has 1 saturated heterocycles. The molecule has 1 amide bonds. The molecule has 1 aromatic carbocycles. The topological polar surface area (TPSA) is 46.6 Å². The maximum absolute atomic E-state index is 13.1. The van der Waals surface area contributed by atoms with E-state index in [-0.39, 0.29) is 17.6 Å². The molecule has 2 heterocycles. The van der Waals surface area contributed by atoms with Gasteiger partial charge in [-0.05, 0) is 49.7 Å². The van der Waals surface area contributed by atoms with Gasteiger partial charge in [0.2, 0.25) is 5.91 Å². The van der Waals surface area contributed by atoms with Crippen LogP contribution < -0.4 is 4.74 Å². The SMILES string of the molecule is CC1CCCN(C(=O)C2C3CCC4(CC(=O)c5ccccc5O4)C32)C1. The normalized spacial score (nSPS) is 38.9. The second-order valence-corrected chi connectivity index (χ2v) is 8.55. The van der Waals surface area contributed by atoms with Crippen LogP contribution in [-0.4, -0.2) is 35.3 Å². The quantitative estimate of drug-likeness (QED) is 0.789. The highest BCUT2D eigenvalue weighted by Crippen LogP contribution is 2.66. The number of carbonyl (C=O) groups excluding carboxylic acids is 2. The minimum Gasteiger partial charge on any atom is -0.486 e. The van der Waals surface area contributed by atoms with Gasteiger partial charge in [0.25, 0.3) is 0 Å². The Balaban J connectivity index is 1.38. The van der Waals surface area contributed by atoms with Gasteiger partial charge in [-0.25, -0.2) is 0 Å². The highest BCUT2D eigenvalue weighted by Gasteiger charge is 2.71. The third-order valence-electron chi connectivity index (χ3n) is 6.89. The molecule has 0 aromatic heterocycles. The number of hydrogen-bond acceptors (Lipinski definition) is 3. The zero-order chi connectivity index (χ0) is 17.2. The van der Waals surface area contributed by atoms with Crippen molar-refractivity contribution in [1.82, 2.24) is 4.90 Å². The third kappa shape index (κ3) is 2.26. The number of ketones is 1. The van der Waals surface area contributed by atoms with Crippen molar-refractivity contribution in [3.63, 3.8) is 0 Å². The van der Waals surface area contributed by atoms with Crippen molar-refractivity contribution in [2.24, 2.45) is 23.7 Å². The summed E-state index contributed by atoms with van der Waals surface area (Å²) in [7, 11) is 0. The number of likely N-dealkylation sites (tertiary alicyclic amines) is 1. The van der Waals surface area contributed by atoms with Crippen LogP contribution in [0.1, 0.15) is 49.4 Å². The van der Waals surface area contributed by atoms with Crippen molar-refractivity contribution in [1.29, 1.82) is 0 Å². The summed E-state index contributed by atoms with van der Waals surface area (Å²) >= 11 is 0. The van der Waals surface area contributed by atoms with Gasteiger partial charge in [-0.2, -0.15) is 0 Å². The maximum atomic E-state index is 13.1. The molecule has 4 nitrogen and oxygen atoms in total. The summed E-state index contributed by atoms with van der Waals surface area (Å²) in [5, 5.41) is 0. The smallest absolute Gasteiger partial charge is 0.226 e. The zero-order valence-corrected chi connectivity index (χ0v) is 14.7. The number of rotatable bonds is 1. The number of piperidine rings is 1. The van der Waals surface area contributed by atoms with Gasteiger partial charge in [0, 0.05) is 24.9 Å². The summed E-state index contributed by atoms with van der Waals surface area (Å²) in [5.74, 6) is 2.53. The van der Waals surface area contributed by atoms with Crippen LogP contribution in [0.15, 0.2) is 24.3 Å². The van der Waals surface area contributed by atoms with E-state index in [0.717, 1.165) is 32.4 Å². The van der Waals surface area contributed by atoms with Crippen LogP contribution in [0.2, 0.25) is 0 Å². The van der Waals surface area contributed by atoms with E-state index in [4.69, 9.17) is 4.74 Å². The minimum atomic E-state index is -0.433. The van der Waals surface area contributed by atoms with Gasteiger partial charge in [0.05, 0.1) is 12.0 Å². The Hall–Kier alpha value is -1.84. The van der Waals surface area contributed by atoms with Crippen molar-refractivity contribution < 1.29 is 14.3 Å². The molecule has 132 valence electrons. The molecular formula is C21H25NO3. The van der Waals surface area contributed by atoms with E-state index < -0.39 is 5.60 Å². The lowest BCUT2D eigenvalue weighted by molar-refractivity contribution is -0.136. The van der Waals surface area contributed by atoms with Gasteiger partial charge in [0.1, 0.15) is 11.4 Å². The van der Waals surface area contributed by atoms with Crippen molar-refractivity contribution in [3.05, 3.63) is 29.8 Å². The van der Waals surface area contributed by atoms with E-state index in [2.05, 4.69) is 11.8 Å². The van der Waals surface area contributed by atoms with E-state index in [1.165, 1.54) is 6.42 Å². The Morgan fingerprint density at radius 3 is 2.96 bits per heavy atom. The Morgan fingerprint density at radius 1 is 1.28 bits per heavy atom. The Bertz CT molecular complexity index is 744. The second-order valence-electron chi connectivity index (χ2n) is 8.55. The number of nitrogens with zero attached hydrogens (tertiary/aromatic N) is 1. The molecule has 2 aliphatic heterocycles. The first kappa shape index (κ1) is 15.4. The lowest BCUT2D eigenvalue weighted by Gasteiger charge is -2.38. The van der Waals surface area contributed by atoms with Crippen molar-refractivity contribution in [2.45, 2.75) is 44.6 Å². The van der Waals surface area contributed by atoms with Gasteiger partial charge in [-0.15, -0.1) is 0 Å². The number of amides is 1. The number of para-hydroxylation sites is 1. The standard InChI is InChI=1S/C21H25NO3/c1-13-5-4-10-22(12-13)20(24)18-15-8-9-21(19(15)18)11-16(23)14-6-2-3-7-17(14)25-21/h2-3,6-7,13,15,18-19H,4-5,8-12H2,1H3. The predicted molar refractivity (Wildman–Crippen MR) is 93.4 cm³/mol. The molecule has 4 heteroatoms. The number of ether oxygens (including phenoxy) is 1. The maximum Gasteiger partial charge on any atom is 0.226 e. The number of hydrogen-bond donors (Lipinski definition) is 0. The number of fused-ring (bicyclic) bond motifs is 3. The largest absolute Gasteiger partial charge is 0.486 e. The molecule has 25 heavy (non-hydrogen) atoms. The summed E-state index contributed by atoms with van der Waals surface area (Å²) in [6.07, 6.45) is 4.69. The van der Waals surface area contributed by atoms with Crippen LogP contribution in [0.3, 0.4) is 0 Å². The molecule has 5 rings (SSSR count). The Morgan fingerprint density at radius 2 is 2.12 bits per heavy atom. The molecule has 1 aromatic rings. The van der Waals surface area contributed by atoms with Gasteiger partial charge in [-0.1, -0.05) is 19.1 Å². The van der Waals surface area contributed by atoms with Gasteiger partial charge < -0.3 is 9.64 Å². The highest BCUT2D eigenvalue weighted by molar-refractivity contribution is 6.00. The number of Topliss-reactive ketones (excluding diaryl/α,β-unsaturated/α-hetero) is 1. The fourth-order valence-electron chi connectivity index (χ4n) is 5.70. The van der Waals surface area contributed by atoms with E-state index in [0.29, 0.717) is 35.5 Å². The molecule has 4 aliphatic rings. The molecule has 2 saturated carbocycles. The van der Waals surface area contributed by atoms with Crippen LogP contribution in [0.4, 0.5) is 0 Å². The summed E-state index contributed by atoms with van der Waals surface area (Å²) < 4.78 is 6.40. The van der Waals surface area contributed by atoms with Crippen molar-refractivity contribution >= 4 is 11.7 Å². The zero-order valence-electron chi connectivity index (χ0n) is 14.7. The predicted octanol–water partition coefficient (Wildman–Crippen LogP) is 3.31. The van der Waals surface area contributed by atoms with E-state index in [1.54, 1.807) is 0 Å². The fraction of sp³-hybridized carbons (Fsp3) is 0.619. The summed E-state index contributed by atoms with van der Waals surface area (Å²) in [4.78, 5) is 27.8. The first-order chi connectivity index (χ1) is 12.1. The molecule has 0 radical (unpaired) electrons. The van der Waals surface area contributed by atoms with Crippen LogP contribution in [0.25, 0.3) is 0 Å². The summed E-state index contributed by atoms with van der Waals surface area (Å²) in [5.41, 5.74) is 0.266. The molecule has 1 spiro atoms. The van der Waals surface area contributed by atoms with Crippen molar-refractivity contribution in [2.75, 3.05) is 13.1 Å². The van der Waals surface area contributed by atoms with E-state index >= 15 is 0 Å². The second kappa shape index (κ2) is 5.33. The van der Waals surface area contributed by atoms with Crippen molar-refractivity contribution in [3.8, 4) is 5.75 Å². The highest BCUT2D eigenvalue weighted by atomic mass is 16.5. The summed E-state index contributed by atoms with van der Waals surface area (Å²) in [6.45, 7) is 4.02. The molecule has 5 unspecified atom stereocenters. The molecule has 2 aliphatic carbocycles. The number of carbonyl (C=O) groups is 2. The van der Waals surface area contributed by atoms with E-state index in [1.807, 2.05) is 24.3 Å². The summed E-state index contributed by atoms with van der Waals surface area (Å²) in [6, 6.07) is 7.55.